The fraction of sp³-hybridized carbons (Fsp3) is 0.609. The van der Waals surface area contributed by atoms with Gasteiger partial charge in [-0.2, -0.15) is 0 Å². The minimum Gasteiger partial charge on any atom is -0.493 e. The molecule has 2 rings (SSSR count). The molecule has 1 aliphatic carbocycles. The first-order chi connectivity index (χ1) is 13.8. The largest absolute Gasteiger partial charge is 0.493 e. The topological polar surface area (TPSA) is 87.0 Å². The molecule has 1 aliphatic rings. The molecule has 1 fully saturated rings. The molecule has 3 N–H and O–H groups in total. The van der Waals surface area contributed by atoms with Gasteiger partial charge in [-0.05, 0) is 80.7 Å². The van der Waals surface area contributed by atoms with E-state index in [-0.39, 0.29) is 30.2 Å². The second-order valence-electron chi connectivity index (χ2n) is 7.96. The summed E-state index contributed by atoms with van der Waals surface area (Å²) in [7, 11) is 0. The van der Waals surface area contributed by atoms with Crippen LogP contribution in [0.5, 0.6) is 5.75 Å². The van der Waals surface area contributed by atoms with Crippen molar-refractivity contribution in [2.24, 2.45) is 11.8 Å². The molecule has 162 valence electrons. The maximum atomic E-state index is 10.6. The van der Waals surface area contributed by atoms with Crippen LogP contribution in [-0.2, 0) is 11.2 Å². The Balaban J connectivity index is 1.93. The Morgan fingerprint density at radius 2 is 1.93 bits per heavy atom. The van der Waals surface area contributed by atoms with Crippen molar-refractivity contribution in [1.29, 1.82) is 0 Å². The molecule has 0 spiro atoms. The normalized spacial score (nSPS) is 24.3. The summed E-state index contributed by atoms with van der Waals surface area (Å²) in [5, 5.41) is 28.2. The van der Waals surface area contributed by atoms with Crippen LogP contribution in [0.15, 0.2) is 24.3 Å². The van der Waals surface area contributed by atoms with Gasteiger partial charge in [0.2, 0.25) is 0 Å². The maximum absolute atomic E-state index is 10.6. The monoisotopic (exact) mass is 424 g/mol. The van der Waals surface area contributed by atoms with E-state index in [9.17, 15) is 15.0 Å². The summed E-state index contributed by atoms with van der Waals surface area (Å²) < 4.78 is 6.03. The third-order valence-electron chi connectivity index (χ3n) is 5.79. The summed E-state index contributed by atoms with van der Waals surface area (Å²) in [6, 6.07) is 3.96. The van der Waals surface area contributed by atoms with Crippen molar-refractivity contribution < 1.29 is 24.9 Å². The van der Waals surface area contributed by atoms with Crippen molar-refractivity contribution in [3.05, 3.63) is 41.0 Å². The van der Waals surface area contributed by atoms with E-state index in [2.05, 4.69) is 0 Å². The summed E-state index contributed by atoms with van der Waals surface area (Å²) in [5.41, 5.74) is 3.33. The lowest BCUT2D eigenvalue weighted by atomic mass is 9.92. The molecule has 1 saturated carbocycles. The van der Waals surface area contributed by atoms with Crippen molar-refractivity contribution in [3.8, 4) is 5.75 Å². The lowest BCUT2D eigenvalue weighted by molar-refractivity contribution is -0.137. The Labute approximate surface area is 178 Å². The Morgan fingerprint density at radius 1 is 1.24 bits per heavy atom. The number of halogens is 1. The van der Waals surface area contributed by atoms with Crippen molar-refractivity contribution in [2.75, 3.05) is 13.2 Å². The molecule has 0 heterocycles. The first-order valence-electron chi connectivity index (χ1n) is 10.4. The number of carbonyl (C=O) groups is 1. The highest BCUT2D eigenvalue weighted by molar-refractivity contribution is 6.21. The number of unbranched alkanes of at least 4 members (excludes halogenated alkanes) is 1. The lowest BCUT2D eigenvalue weighted by Gasteiger charge is -2.23. The number of carboxylic acid groups (broad SMARTS) is 1. The second kappa shape index (κ2) is 11.6. The molecule has 5 nitrogen and oxygen atoms in total. The minimum absolute atomic E-state index is 0.0427. The zero-order chi connectivity index (χ0) is 21.4. The molecule has 0 amide bonds. The van der Waals surface area contributed by atoms with E-state index in [0.717, 1.165) is 35.3 Å². The first kappa shape index (κ1) is 23.7. The quantitative estimate of drug-likeness (QED) is 0.283. The van der Waals surface area contributed by atoms with Gasteiger partial charge in [-0.3, -0.25) is 4.79 Å². The third-order valence-corrected chi connectivity index (χ3v) is 6.29. The van der Waals surface area contributed by atoms with Gasteiger partial charge in [-0.25, -0.2) is 0 Å². The predicted molar refractivity (Wildman–Crippen MR) is 115 cm³/mol. The molecule has 4 atom stereocenters. The van der Waals surface area contributed by atoms with E-state index in [1.54, 1.807) is 0 Å². The third kappa shape index (κ3) is 7.02. The zero-order valence-electron chi connectivity index (χ0n) is 17.3. The molecule has 0 aliphatic heterocycles. The van der Waals surface area contributed by atoms with Gasteiger partial charge in [-0.15, -0.1) is 11.6 Å². The van der Waals surface area contributed by atoms with Crippen LogP contribution in [-0.4, -0.2) is 46.0 Å². The Hall–Kier alpha value is -1.56. The smallest absolute Gasteiger partial charge is 0.303 e. The number of aliphatic hydroxyl groups is 2. The van der Waals surface area contributed by atoms with Gasteiger partial charge < -0.3 is 20.1 Å². The molecule has 1 aromatic rings. The molecule has 6 heteroatoms. The van der Waals surface area contributed by atoms with Crippen molar-refractivity contribution in [1.82, 2.24) is 0 Å². The molecule has 29 heavy (non-hydrogen) atoms. The molecule has 0 unspecified atom stereocenters. The molecule has 0 bridgehead atoms. The second-order valence-corrected chi connectivity index (χ2v) is 8.52. The van der Waals surface area contributed by atoms with Gasteiger partial charge in [0, 0.05) is 24.3 Å². The van der Waals surface area contributed by atoms with E-state index in [1.807, 2.05) is 38.1 Å². The van der Waals surface area contributed by atoms with Crippen LogP contribution in [0, 0.1) is 25.7 Å². The number of alkyl halides is 1. The van der Waals surface area contributed by atoms with Gasteiger partial charge in [0.1, 0.15) is 5.75 Å². The zero-order valence-corrected chi connectivity index (χ0v) is 18.1. The minimum atomic E-state index is -0.773. The Kier molecular flexibility index (Phi) is 9.47. The van der Waals surface area contributed by atoms with Crippen LogP contribution in [0.2, 0.25) is 0 Å². The number of aliphatic carboxylic acids is 1. The van der Waals surface area contributed by atoms with Gasteiger partial charge >= 0.3 is 5.97 Å². The number of allylic oxidation sites excluding steroid dienone is 2. The van der Waals surface area contributed by atoms with Crippen molar-refractivity contribution in [2.45, 2.75) is 63.9 Å². The Bertz CT molecular complexity index is 680. The summed E-state index contributed by atoms with van der Waals surface area (Å²) in [5.74, 6) is 0.0808. The predicted octanol–water partition coefficient (Wildman–Crippen LogP) is 4.02. The lowest BCUT2D eigenvalue weighted by Crippen LogP contribution is -2.27. The molecular formula is C23H33ClO5. The molecule has 1 aromatic carbocycles. The number of aryl methyl sites for hydroxylation is 2. The van der Waals surface area contributed by atoms with Crippen LogP contribution < -0.4 is 4.74 Å². The SMILES string of the molecule is Cc1cc(OC[C@@H]2[C@@H](C/C=C\CCCC(=O)O)[C@H](Cl)C[C@H]2O)cc(C)c1CCO. The number of carboxylic acids is 1. The van der Waals surface area contributed by atoms with Gasteiger partial charge in [0.15, 0.2) is 0 Å². The standard InChI is InChI=1S/C23H33ClO5/c1-15-11-17(12-16(2)18(15)9-10-25)29-14-20-19(21(24)13-22(20)26)7-5-3-4-6-8-23(27)28/h3,5,11-12,19-22,25-26H,4,6-10,13-14H2,1-2H3,(H,27,28)/b5-3-/t19-,20-,21-,22-/m1/s1. The van der Waals surface area contributed by atoms with Gasteiger partial charge in [-0.1, -0.05) is 12.2 Å². The van der Waals surface area contributed by atoms with Crippen LogP contribution in [0.1, 0.15) is 48.8 Å². The number of rotatable bonds is 11. The number of hydrogen-bond donors (Lipinski definition) is 3. The average Bonchev–Trinajstić information content (AvgIpc) is 2.92. The highest BCUT2D eigenvalue weighted by Gasteiger charge is 2.41. The highest BCUT2D eigenvalue weighted by Crippen LogP contribution is 2.39. The van der Waals surface area contributed by atoms with E-state index in [0.29, 0.717) is 25.9 Å². The Morgan fingerprint density at radius 3 is 2.55 bits per heavy atom. The van der Waals surface area contributed by atoms with E-state index < -0.39 is 12.1 Å². The summed E-state index contributed by atoms with van der Waals surface area (Å²) >= 11 is 6.49. The number of aliphatic hydroxyl groups excluding tert-OH is 2. The van der Waals surface area contributed by atoms with Gasteiger partial charge in [0.25, 0.3) is 0 Å². The molecule has 0 saturated heterocycles. The molecule has 0 aromatic heterocycles. The van der Waals surface area contributed by atoms with E-state index >= 15 is 0 Å². The van der Waals surface area contributed by atoms with Crippen LogP contribution >= 0.6 is 11.6 Å². The van der Waals surface area contributed by atoms with Crippen LogP contribution in [0.4, 0.5) is 0 Å². The number of hydrogen-bond acceptors (Lipinski definition) is 4. The fourth-order valence-electron chi connectivity index (χ4n) is 4.17. The van der Waals surface area contributed by atoms with E-state index in [4.69, 9.17) is 21.4 Å². The highest BCUT2D eigenvalue weighted by atomic mass is 35.5. The van der Waals surface area contributed by atoms with Gasteiger partial charge in [0.05, 0.1) is 12.7 Å². The number of benzene rings is 1. The number of ether oxygens (including phenoxy) is 1. The van der Waals surface area contributed by atoms with Crippen LogP contribution in [0.25, 0.3) is 0 Å². The summed E-state index contributed by atoms with van der Waals surface area (Å²) in [6.45, 7) is 4.56. The summed E-state index contributed by atoms with van der Waals surface area (Å²) in [4.78, 5) is 10.6. The van der Waals surface area contributed by atoms with Crippen molar-refractivity contribution in [3.63, 3.8) is 0 Å². The fourth-order valence-corrected chi connectivity index (χ4v) is 4.64. The van der Waals surface area contributed by atoms with Crippen molar-refractivity contribution >= 4 is 17.6 Å². The molecule has 0 radical (unpaired) electrons. The first-order valence-corrected chi connectivity index (χ1v) is 10.8. The van der Waals surface area contributed by atoms with E-state index in [1.165, 1.54) is 0 Å². The molecular weight excluding hydrogens is 392 g/mol. The summed E-state index contributed by atoms with van der Waals surface area (Å²) in [6.07, 6.45) is 7.03. The maximum Gasteiger partial charge on any atom is 0.303 e. The average molecular weight is 425 g/mol. The van der Waals surface area contributed by atoms with Crippen LogP contribution in [0.3, 0.4) is 0 Å².